The van der Waals surface area contributed by atoms with Crippen LogP contribution in [0.4, 0.5) is 0 Å². The number of esters is 1. The first kappa shape index (κ1) is 16.8. The molecule has 0 unspecified atom stereocenters. The molecule has 1 aromatic heterocycles. The van der Waals surface area contributed by atoms with Gasteiger partial charge in [0.2, 0.25) is 0 Å². The Morgan fingerprint density at radius 1 is 1.08 bits per heavy atom. The van der Waals surface area contributed by atoms with Gasteiger partial charge in [-0.05, 0) is 69.9 Å². The van der Waals surface area contributed by atoms with Crippen molar-refractivity contribution >= 4 is 23.4 Å². The maximum atomic E-state index is 11.4. The van der Waals surface area contributed by atoms with Crippen LogP contribution in [0.3, 0.4) is 0 Å². The van der Waals surface area contributed by atoms with Crippen LogP contribution in [0.1, 0.15) is 21.5 Å². The number of benzene rings is 2. The van der Waals surface area contributed by atoms with Crippen LogP contribution in [0.25, 0.3) is 17.2 Å². The smallest absolute Gasteiger partial charge is 0.337 e. The third-order valence-corrected chi connectivity index (χ3v) is 4.34. The Bertz CT molecular complexity index is 940. The number of hydrogen-bond acceptors (Lipinski definition) is 3. The van der Waals surface area contributed by atoms with Crippen LogP contribution < -0.4 is 0 Å². The van der Waals surface area contributed by atoms with E-state index in [9.17, 15) is 4.79 Å². The summed E-state index contributed by atoms with van der Waals surface area (Å²) in [4.78, 5) is 11.4. The SMILES string of the molecule is COC(=O)c1ccc(C#C/C=C/c2ccccc2-c2ccsc2)cc1. The largest absolute Gasteiger partial charge is 0.465 e. The average molecular weight is 344 g/mol. The van der Waals surface area contributed by atoms with Crippen LogP contribution in [0.5, 0.6) is 0 Å². The van der Waals surface area contributed by atoms with E-state index in [1.807, 2.05) is 36.4 Å². The first-order chi connectivity index (χ1) is 12.3. The number of carbonyl (C=O) groups excluding carboxylic acids is 1. The van der Waals surface area contributed by atoms with Gasteiger partial charge in [0, 0.05) is 5.56 Å². The third-order valence-electron chi connectivity index (χ3n) is 3.66. The molecule has 0 aliphatic carbocycles. The molecule has 1 heterocycles. The molecule has 0 fully saturated rings. The fraction of sp³-hybridized carbons (Fsp3) is 0.0455. The van der Waals surface area contributed by atoms with Crippen LogP contribution >= 0.6 is 11.3 Å². The topological polar surface area (TPSA) is 26.3 Å². The monoisotopic (exact) mass is 344 g/mol. The quantitative estimate of drug-likeness (QED) is 0.478. The Hall–Kier alpha value is -3.09. The van der Waals surface area contributed by atoms with Crippen molar-refractivity contribution < 1.29 is 9.53 Å². The Labute approximate surface area is 151 Å². The summed E-state index contributed by atoms with van der Waals surface area (Å²) in [5.74, 6) is 5.76. The van der Waals surface area contributed by atoms with Crippen molar-refractivity contribution in [3.63, 3.8) is 0 Å². The lowest BCUT2D eigenvalue weighted by molar-refractivity contribution is 0.0600. The molecule has 0 saturated heterocycles. The summed E-state index contributed by atoms with van der Waals surface area (Å²) in [5, 5.41) is 4.22. The van der Waals surface area contributed by atoms with E-state index in [0.29, 0.717) is 5.56 Å². The molecule has 2 aromatic carbocycles. The molecule has 0 N–H and O–H groups in total. The van der Waals surface area contributed by atoms with Gasteiger partial charge in [-0.15, -0.1) is 0 Å². The van der Waals surface area contributed by atoms with Crippen LogP contribution in [0.15, 0.2) is 71.4 Å². The van der Waals surface area contributed by atoms with E-state index in [4.69, 9.17) is 0 Å². The lowest BCUT2D eigenvalue weighted by Gasteiger charge is -2.02. The molecule has 0 aliphatic rings. The van der Waals surface area contributed by atoms with Crippen molar-refractivity contribution in [2.75, 3.05) is 7.11 Å². The zero-order chi connectivity index (χ0) is 17.5. The van der Waals surface area contributed by atoms with Gasteiger partial charge >= 0.3 is 5.97 Å². The van der Waals surface area contributed by atoms with Gasteiger partial charge in [-0.3, -0.25) is 0 Å². The van der Waals surface area contributed by atoms with Crippen molar-refractivity contribution in [2.24, 2.45) is 0 Å². The van der Waals surface area contributed by atoms with Crippen LogP contribution in [0, 0.1) is 11.8 Å². The minimum Gasteiger partial charge on any atom is -0.465 e. The van der Waals surface area contributed by atoms with E-state index in [1.165, 1.54) is 18.2 Å². The number of hydrogen-bond donors (Lipinski definition) is 0. The molecule has 0 spiro atoms. The zero-order valence-corrected chi connectivity index (χ0v) is 14.5. The van der Waals surface area contributed by atoms with Crippen LogP contribution in [-0.4, -0.2) is 13.1 Å². The van der Waals surface area contributed by atoms with Gasteiger partial charge in [0.25, 0.3) is 0 Å². The Kier molecular flexibility index (Phi) is 5.46. The van der Waals surface area contributed by atoms with E-state index in [2.05, 4.69) is 45.5 Å². The van der Waals surface area contributed by atoms with Gasteiger partial charge in [-0.1, -0.05) is 36.1 Å². The normalized spacial score (nSPS) is 10.3. The predicted octanol–water partition coefficient (Wildman–Crippen LogP) is 5.27. The number of methoxy groups -OCH3 is 1. The summed E-state index contributed by atoms with van der Waals surface area (Å²) in [6, 6.07) is 17.4. The second kappa shape index (κ2) is 8.14. The molecule has 0 atom stereocenters. The fourth-order valence-electron chi connectivity index (χ4n) is 2.39. The Morgan fingerprint density at radius 2 is 1.88 bits per heavy atom. The van der Waals surface area contributed by atoms with Crippen molar-refractivity contribution in [1.29, 1.82) is 0 Å². The summed E-state index contributed by atoms with van der Waals surface area (Å²) < 4.78 is 4.68. The van der Waals surface area contributed by atoms with Crippen molar-refractivity contribution in [2.45, 2.75) is 0 Å². The summed E-state index contributed by atoms with van der Waals surface area (Å²) >= 11 is 1.69. The van der Waals surface area contributed by atoms with E-state index < -0.39 is 0 Å². The van der Waals surface area contributed by atoms with Crippen molar-refractivity contribution in [3.8, 4) is 23.0 Å². The molecule has 0 radical (unpaired) electrons. The molecule has 0 amide bonds. The lowest BCUT2D eigenvalue weighted by atomic mass is 10.0. The second-order valence-corrected chi connectivity index (χ2v) is 6.05. The van der Waals surface area contributed by atoms with E-state index in [0.717, 1.165) is 11.1 Å². The molecule has 25 heavy (non-hydrogen) atoms. The van der Waals surface area contributed by atoms with Crippen LogP contribution in [-0.2, 0) is 4.74 Å². The highest BCUT2D eigenvalue weighted by molar-refractivity contribution is 7.08. The van der Waals surface area contributed by atoms with Crippen molar-refractivity contribution in [3.05, 3.63) is 88.1 Å². The number of rotatable bonds is 3. The first-order valence-corrected chi connectivity index (χ1v) is 8.70. The van der Waals surface area contributed by atoms with Crippen molar-refractivity contribution in [1.82, 2.24) is 0 Å². The second-order valence-electron chi connectivity index (χ2n) is 5.27. The molecule has 3 heteroatoms. The molecular formula is C22H16O2S. The summed E-state index contributed by atoms with van der Waals surface area (Å²) in [5.41, 5.74) is 4.92. The van der Waals surface area contributed by atoms with E-state index in [1.54, 1.807) is 23.5 Å². The molecule has 0 saturated carbocycles. The molecule has 3 aromatic rings. The van der Waals surface area contributed by atoms with Gasteiger partial charge in [0.05, 0.1) is 12.7 Å². The number of allylic oxidation sites excluding steroid dienone is 1. The molecule has 2 nitrogen and oxygen atoms in total. The van der Waals surface area contributed by atoms with Gasteiger partial charge in [-0.25, -0.2) is 4.79 Å². The Morgan fingerprint density at radius 3 is 2.60 bits per heavy atom. The Balaban J connectivity index is 1.75. The van der Waals surface area contributed by atoms with Crippen LogP contribution in [0.2, 0.25) is 0 Å². The maximum Gasteiger partial charge on any atom is 0.337 e. The van der Waals surface area contributed by atoms with Gasteiger partial charge in [-0.2, -0.15) is 11.3 Å². The highest BCUT2D eigenvalue weighted by Gasteiger charge is 2.03. The minimum atomic E-state index is -0.343. The maximum absolute atomic E-state index is 11.4. The standard InChI is InChI=1S/C22H16O2S/c1-24-22(23)19-12-10-17(11-13-19)6-2-3-7-18-8-4-5-9-21(18)20-14-15-25-16-20/h3-5,7-16H,1H3/b7-3+. The fourth-order valence-corrected chi connectivity index (χ4v) is 3.04. The number of ether oxygens (including phenoxy) is 1. The molecule has 3 rings (SSSR count). The highest BCUT2D eigenvalue weighted by Crippen LogP contribution is 2.26. The third kappa shape index (κ3) is 4.26. The molecule has 0 aliphatic heterocycles. The van der Waals surface area contributed by atoms with Gasteiger partial charge in [0.15, 0.2) is 0 Å². The minimum absolute atomic E-state index is 0.343. The van der Waals surface area contributed by atoms with Gasteiger partial charge in [0.1, 0.15) is 0 Å². The molecule has 0 bridgehead atoms. The molecule has 122 valence electrons. The summed E-state index contributed by atoms with van der Waals surface area (Å²) in [6.45, 7) is 0. The van der Waals surface area contributed by atoms with Gasteiger partial charge < -0.3 is 4.74 Å². The first-order valence-electron chi connectivity index (χ1n) is 7.76. The highest BCUT2D eigenvalue weighted by atomic mass is 32.1. The zero-order valence-electron chi connectivity index (χ0n) is 13.7. The lowest BCUT2D eigenvalue weighted by Crippen LogP contribution is -2.00. The number of carbonyl (C=O) groups is 1. The summed E-state index contributed by atoms with van der Waals surface area (Å²) in [6.07, 6.45) is 3.86. The average Bonchev–Trinajstić information content (AvgIpc) is 3.20. The van der Waals surface area contributed by atoms with E-state index in [-0.39, 0.29) is 5.97 Å². The molecular weight excluding hydrogens is 328 g/mol. The predicted molar refractivity (Wildman–Crippen MR) is 103 cm³/mol. The van der Waals surface area contributed by atoms with E-state index >= 15 is 0 Å². The summed E-state index contributed by atoms with van der Waals surface area (Å²) in [7, 11) is 1.37. The number of thiophene rings is 1.